The van der Waals surface area contributed by atoms with E-state index in [2.05, 4.69) is 58.8 Å². The monoisotopic (exact) mass is 560 g/mol. The first kappa shape index (κ1) is 25.2. The van der Waals surface area contributed by atoms with Gasteiger partial charge in [-0.05, 0) is 84.0 Å². The molecule has 0 radical (unpaired) electrons. The Bertz CT molecular complexity index is 1150. The molecule has 3 heterocycles. The zero-order chi connectivity index (χ0) is 24.6. The van der Waals surface area contributed by atoms with Crippen LogP contribution in [0.1, 0.15) is 35.2 Å². The van der Waals surface area contributed by atoms with Crippen molar-refractivity contribution in [2.45, 2.75) is 25.8 Å². The van der Waals surface area contributed by atoms with Gasteiger partial charge >= 0.3 is 6.09 Å². The molecule has 9 nitrogen and oxygen atoms in total. The van der Waals surface area contributed by atoms with Crippen LogP contribution in [0.5, 0.6) is 5.88 Å². The van der Waals surface area contributed by atoms with E-state index in [1.54, 1.807) is 24.3 Å². The standard InChI is InChI=1S/C24H26BrClN6O3/c25-20-21(29-22(33)18-3-1-2-4-19(18)26)30-31-23(20)35-24(34)28-12-7-16-8-13-32(14-9-16)15-17-5-10-27-11-6-17/h1-6,10-11,16H,7-9,12-15H2,(H,28,34)(H2,29,30,31,33). The number of nitrogens with zero attached hydrogens (tertiary/aromatic N) is 3. The zero-order valence-corrected chi connectivity index (χ0v) is 21.3. The quantitative estimate of drug-likeness (QED) is 0.362. The van der Waals surface area contributed by atoms with Crippen LogP contribution >= 0.6 is 27.5 Å². The van der Waals surface area contributed by atoms with Gasteiger partial charge in [0, 0.05) is 25.5 Å². The topological polar surface area (TPSA) is 112 Å². The largest absolute Gasteiger partial charge is 0.414 e. The van der Waals surface area contributed by atoms with Crippen LogP contribution in [-0.2, 0) is 6.54 Å². The highest BCUT2D eigenvalue weighted by atomic mass is 79.9. The molecule has 1 aromatic carbocycles. The molecule has 2 amide bonds. The van der Waals surface area contributed by atoms with Crippen LogP contribution in [-0.4, -0.2) is 51.7 Å². The highest BCUT2D eigenvalue weighted by Crippen LogP contribution is 2.30. The third-order valence-corrected chi connectivity index (χ3v) is 6.97. The van der Waals surface area contributed by atoms with Gasteiger partial charge in [-0.15, -0.1) is 5.10 Å². The van der Waals surface area contributed by atoms with Gasteiger partial charge in [-0.1, -0.05) is 23.7 Å². The van der Waals surface area contributed by atoms with E-state index in [4.69, 9.17) is 16.3 Å². The lowest BCUT2D eigenvalue weighted by molar-refractivity contribution is 0.102. The minimum atomic E-state index is -0.601. The number of pyridine rings is 1. The van der Waals surface area contributed by atoms with E-state index >= 15 is 0 Å². The number of rotatable bonds is 8. The molecule has 0 atom stereocenters. The lowest BCUT2D eigenvalue weighted by Gasteiger charge is -2.32. The second-order valence-electron chi connectivity index (χ2n) is 8.33. The highest BCUT2D eigenvalue weighted by molar-refractivity contribution is 9.10. The normalized spacial score (nSPS) is 14.5. The molecule has 0 unspecified atom stereocenters. The summed E-state index contributed by atoms with van der Waals surface area (Å²) in [6.45, 7) is 3.55. The number of aromatic nitrogens is 3. The van der Waals surface area contributed by atoms with Crippen molar-refractivity contribution in [2.24, 2.45) is 5.92 Å². The molecule has 1 aliphatic rings. The van der Waals surface area contributed by atoms with Gasteiger partial charge in [-0.3, -0.25) is 19.8 Å². The van der Waals surface area contributed by atoms with E-state index in [0.29, 0.717) is 27.5 Å². The molecule has 0 bridgehead atoms. The number of hydrogen-bond donors (Lipinski definition) is 3. The number of anilines is 1. The number of aromatic amines is 1. The summed E-state index contributed by atoms with van der Waals surface area (Å²) in [5.74, 6) is 0.438. The summed E-state index contributed by atoms with van der Waals surface area (Å²) in [5, 5.41) is 12.4. The molecule has 35 heavy (non-hydrogen) atoms. The number of piperidine rings is 1. The Morgan fingerprint density at radius 3 is 2.66 bits per heavy atom. The second-order valence-corrected chi connectivity index (χ2v) is 9.53. The van der Waals surface area contributed by atoms with Crippen LogP contribution in [0.4, 0.5) is 10.6 Å². The maximum absolute atomic E-state index is 12.4. The van der Waals surface area contributed by atoms with Crippen molar-refractivity contribution in [3.63, 3.8) is 0 Å². The van der Waals surface area contributed by atoms with Crippen LogP contribution in [0.15, 0.2) is 53.3 Å². The first-order valence-corrected chi connectivity index (χ1v) is 12.5. The number of benzene rings is 1. The Hall–Kier alpha value is -2.95. The zero-order valence-electron chi connectivity index (χ0n) is 19.0. The molecular formula is C24H26BrClN6O3. The molecule has 2 aromatic heterocycles. The Balaban J connectivity index is 1.17. The average Bonchev–Trinajstić information content (AvgIpc) is 3.19. The molecule has 1 aliphatic heterocycles. The molecule has 0 aliphatic carbocycles. The van der Waals surface area contributed by atoms with Crippen LogP contribution in [0.3, 0.4) is 0 Å². The van der Waals surface area contributed by atoms with Crippen LogP contribution in [0.25, 0.3) is 0 Å². The van der Waals surface area contributed by atoms with E-state index in [9.17, 15) is 9.59 Å². The number of likely N-dealkylation sites (tertiary alicyclic amines) is 1. The Morgan fingerprint density at radius 1 is 1.17 bits per heavy atom. The Kier molecular flexibility index (Phi) is 8.73. The molecule has 3 N–H and O–H groups in total. The van der Waals surface area contributed by atoms with Crippen molar-refractivity contribution in [1.29, 1.82) is 0 Å². The highest BCUT2D eigenvalue weighted by Gasteiger charge is 2.21. The number of amides is 2. The fourth-order valence-electron chi connectivity index (χ4n) is 3.97. The maximum Gasteiger partial charge on any atom is 0.414 e. The third-order valence-electron chi connectivity index (χ3n) is 5.91. The van der Waals surface area contributed by atoms with Crippen molar-refractivity contribution >= 4 is 45.3 Å². The molecular weight excluding hydrogens is 536 g/mol. The molecule has 0 spiro atoms. The van der Waals surface area contributed by atoms with Crippen LogP contribution in [0.2, 0.25) is 5.02 Å². The van der Waals surface area contributed by atoms with E-state index < -0.39 is 12.0 Å². The summed E-state index contributed by atoms with van der Waals surface area (Å²) < 4.78 is 5.61. The fourth-order valence-corrected chi connectivity index (χ4v) is 4.55. The van der Waals surface area contributed by atoms with Gasteiger partial charge in [0.15, 0.2) is 0 Å². The number of hydrogen-bond acceptors (Lipinski definition) is 6. The number of carbonyl (C=O) groups is 2. The van der Waals surface area contributed by atoms with E-state index in [1.807, 2.05) is 12.4 Å². The molecule has 1 fully saturated rings. The molecule has 1 saturated heterocycles. The molecule has 0 saturated carbocycles. The van der Waals surface area contributed by atoms with Crippen LogP contribution < -0.4 is 15.4 Å². The third kappa shape index (κ3) is 7.03. The molecule has 11 heteroatoms. The summed E-state index contributed by atoms with van der Waals surface area (Å²) in [5.41, 5.74) is 1.60. The first-order chi connectivity index (χ1) is 17.0. The van der Waals surface area contributed by atoms with E-state index in [-0.39, 0.29) is 11.7 Å². The Morgan fingerprint density at radius 2 is 1.91 bits per heavy atom. The minimum Gasteiger partial charge on any atom is -0.388 e. The van der Waals surface area contributed by atoms with Gasteiger partial charge in [0.25, 0.3) is 11.8 Å². The number of ether oxygens (including phenoxy) is 1. The van der Waals surface area contributed by atoms with Crippen molar-refractivity contribution < 1.29 is 14.3 Å². The summed E-state index contributed by atoms with van der Waals surface area (Å²) >= 11 is 9.37. The number of nitrogens with one attached hydrogen (secondary N) is 3. The molecule has 184 valence electrons. The van der Waals surface area contributed by atoms with E-state index in [0.717, 1.165) is 38.9 Å². The van der Waals surface area contributed by atoms with Gasteiger partial charge in [0.1, 0.15) is 10.3 Å². The second kappa shape index (κ2) is 12.1. The minimum absolute atomic E-state index is 0.0291. The van der Waals surface area contributed by atoms with Gasteiger partial charge in [0.05, 0.1) is 10.6 Å². The van der Waals surface area contributed by atoms with Crippen molar-refractivity contribution in [3.05, 3.63) is 69.4 Å². The maximum atomic E-state index is 12.4. The van der Waals surface area contributed by atoms with E-state index in [1.165, 1.54) is 5.56 Å². The SMILES string of the molecule is O=C(NCCC1CCN(Cc2ccncc2)CC1)Oc1n[nH]c(NC(=O)c2ccccc2Cl)c1Br. The lowest BCUT2D eigenvalue weighted by Crippen LogP contribution is -2.35. The van der Waals surface area contributed by atoms with Gasteiger partial charge in [-0.25, -0.2) is 4.79 Å². The molecule has 4 rings (SSSR count). The lowest BCUT2D eigenvalue weighted by atomic mass is 9.93. The van der Waals surface area contributed by atoms with Crippen molar-refractivity contribution in [1.82, 2.24) is 25.4 Å². The fraction of sp³-hybridized carbons (Fsp3) is 0.333. The molecule has 3 aromatic rings. The summed E-state index contributed by atoms with van der Waals surface area (Å²) in [6, 6.07) is 10.8. The van der Waals surface area contributed by atoms with Gasteiger partial charge in [-0.2, -0.15) is 0 Å². The van der Waals surface area contributed by atoms with Crippen LogP contribution in [0, 0.1) is 5.92 Å². The van der Waals surface area contributed by atoms with Crippen molar-refractivity contribution in [2.75, 3.05) is 25.0 Å². The number of halogens is 2. The predicted octanol–water partition coefficient (Wildman–Crippen LogP) is 4.86. The Labute approximate surface area is 216 Å². The number of carbonyl (C=O) groups excluding carboxylic acids is 2. The number of H-pyrrole nitrogens is 1. The summed E-state index contributed by atoms with van der Waals surface area (Å²) in [6.07, 6.45) is 6.13. The van der Waals surface area contributed by atoms with Gasteiger partial charge in [0.2, 0.25) is 0 Å². The summed E-state index contributed by atoms with van der Waals surface area (Å²) in [4.78, 5) is 31.2. The average molecular weight is 562 g/mol. The van der Waals surface area contributed by atoms with Crippen molar-refractivity contribution in [3.8, 4) is 5.88 Å². The summed E-state index contributed by atoms with van der Waals surface area (Å²) in [7, 11) is 0. The smallest absolute Gasteiger partial charge is 0.388 e. The van der Waals surface area contributed by atoms with Gasteiger partial charge < -0.3 is 15.4 Å². The predicted molar refractivity (Wildman–Crippen MR) is 137 cm³/mol. The first-order valence-electron chi connectivity index (χ1n) is 11.4.